The first-order valence-electron chi connectivity index (χ1n) is 10.0. The van der Waals surface area contributed by atoms with Crippen LogP contribution in [0.2, 0.25) is 15.1 Å². The Hall–Kier alpha value is -2.01. The van der Waals surface area contributed by atoms with Gasteiger partial charge in [0.1, 0.15) is 0 Å². The Balaban J connectivity index is 1.80. The molecule has 7 heteroatoms. The summed E-state index contributed by atoms with van der Waals surface area (Å²) >= 11 is 18.7. The molecule has 1 heterocycles. The summed E-state index contributed by atoms with van der Waals surface area (Å²) in [5.74, 6) is 0.183. The molecule has 1 aliphatic rings. The number of aromatic nitrogens is 2. The van der Waals surface area contributed by atoms with Gasteiger partial charge >= 0.3 is 0 Å². The highest BCUT2D eigenvalue weighted by molar-refractivity contribution is 6.36. The third-order valence-electron chi connectivity index (χ3n) is 5.54. The Bertz CT molecular complexity index is 1070. The Labute approximate surface area is 191 Å². The van der Waals surface area contributed by atoms with Gasteiger partial charge in [-0.3, -0.25) is 4.79 Å². The van der Waals surface area contributed by atoms with Crippen molar-refractivity contribution in [2.24, 2.45) is 7.05 Å². The summed E-state index contributed by atoms with van der Waals surface area (Å²) in [7, 11) is 1.85. The van der Waals surface area contributed by atoms with Crippen molar-refractivity contribution in [1.82, 2.24) is 14.9 Å². The normalized spacial score (nSPS) is 14.7. The number of benzene rings is 2. The van der Waals surface area contributed by atoms with Gasteiger partial charge in [0.05, 0.1) is 16.4 Å². The molecule has 0 aliphatic heterocycles. The quantitative estimate of drug-likeness (QED) is 0.464. The first-order valence-corrected chi connectivity index (χ1v) is 11.2. The van der Waals surface area contributed by atoms with E-state index in [1.54, 1.807) is 12.1 Å². The van der Waals surface area contributed by atoms with Crippen molar-refractivity contribution in [2.45, 2.75) is 38.1 Å². The predicted molar refractivity (Wildman–Crippen MR) is 123 cm³/mol. The summed E-state index contributed by atoms with van der Waals surface area (Å²) in [5.41, 5.74) is 3.05. The highest BCUT2D eigenvalue weighted by Crippen LogP contribution is 2.37. The zero-order valence-corrected chi connectivity index (χ0v) is 18.9. The topological polar surface area (TPSA) is 46.9 Å². The van der Waals surface area contributed by atoms with Gasteiger partial charge in [-0.05, 0) is 43.2 Å². The molecule has 1 fully saturated rings. The van der Waals surface area contributed by atoms with Gasteiger partial charge in [-0.15, -0.1) is 0 Å². The fourth-order valence-corrected chi connectivity index (χ4v) is 4.63. The summed E-state index contributed by atoms with van der Waals surface area (Å²) in [5, 5.41) is 4.82. The van der Waals surface area contributed by atoms with E-state index < -0.39 is 0 Å². The molecule has 1 amide bonds. The van der Waals surface area contributed by atoms with Crippen LogP contribution < -0.4 is 5.32 Å². The van der Waals surface area contributed by atoms with Crippen LogP contribution in [0, 0.1) is 0 Å². The Morgan fingerprint density at radius 3 is 2.33 bits per heavy atom. The second-order valence-electron chi connectivity index (χ2n) is 7.63. The van der Waals surface area contributed by atoms with Crippen LogP contribution in [-0.2, 0) is 7.05 Å². The first kappa shape index (κ1) is 21.2. The average molecular weight is 463 g/mol. The number of hydrogen-bond donors (Lipinski definition) is 1. The van der Waals surface area contributed by atoms with E-state index in [1.807, 2.05) is 41.9 Å². The zero-order valence-electron chi connectivity index (χ0n) is 16.6. The molecular weight excluding hydrogens is 441 g/mol. The molecule has 0 spiro atoms. The second kappa shape index (κ2) is 9.01. The monoisotopic (exact) mass is 461 g/mol. The predicted octanol–water partition coefficient (Wildman–Crippen LogP) is 6.78. The molecule has 4 rings (SSSR count). The fourth-order valence-electron chi connectivity index (χ4n) is 4.01. The number of nitrogens with one attached hydrogen (secondary N) is 1. The maximum atomic E-state index is 13.1. The van der Waals surface area contributed by atoms with Crippen LogP contribution in [-0.4, -0.2) is 21.5 Å². The lowest BCUT2D eigenvalue weighted by Crippen LogP contribution is -2.37. The molecule has 0 saturated heterocycles. The van der Waals surface area contributed by atoms with Crippen molar-refractivity contribution in [3.63, 3.8) is 0 Å². The van der Waals surface area contributed by atoms with Crippen LogP contribution in [0.3, 0.4) is 0 Å². The minimum absolute atomic E-state index is 0.170. The maximum absolute atomic E-state index is 13.1. The minimum Gasteiger partial charge on any atom is -0.347 e. The van der Waals surface area contributed by atoms with Crippen molar-refractivity contribution in [2.75, 3.05) is 0 Å². The molecule has 2 aromatic carbocycles. The van der Waals surface area contributed by atoms with Crippen LogP contribution in [0.15, 0.2) is 42.5 Å². The van der Waals surface area contributed by atoms with Crippen LogP contribution >= 0.6 is 34.8 Å². The first-order chi connectivity index (χ1) is 14.4. The summed E-state index contributed by atoms with van der Waals surface area (Å²) in [6, 6.07) is 12.9. The third kappa shape index (κ3) is 4.36. The van der Waals surface area contributed by atoms with E-state index in [-0.39, 0.29) is 11.9 Å². The molecular formula is C23H22Cl3N3O. The SMILES string of the molecule is Cn1c(C(=O)NC2CCCCC2)nc(-c2ccc(Cl)cc2Cl)c1-c1ccc(Cl)cc1. The fraction of sp³-hybridized carbons (Fsp3) is 0.304. The van der Waals surface area contributed by atoms with Crippen molar-refractivity contribution >= 4 is 40.7 Å². The summed E-state index contributed by atoms with van der Waals surface area (Å²) in [6.45, 7) is 0. The number of amides is 1. The van der Waals surface area contributed by atoms with Crippen molar-refractivity contribution in [1.29, 1.82) is 0 Å². The second-order valence-corrected chi connectivity index (χ2v) is 8.91. The van der Waals surface area contributed by atoms with Gasteiger partial charge in [-0.1, -0.05) is 66.2 Å². The molecule has 1 saturated carbocycles. The smallest absolute Gasteiger partial charge is 0.287 e. The Kier molecular flexibility index (Phi) is 6.37. The number of rotatable bonds is 4. The van der Waals surface area contributed by atoms with Gasteiger partial charge in [0, 0.05) is 34.3 Å². The molecule has 156 valence electrons. The number of carbonyl (C=O) groups is 1. The Morgan fingerprint density at radius 2 is 1.67 bits per heavy atom. The molecule has 0 unspecified atom stereocenters. The molecule has 30 heavy (non-hydrogen) atoms. The standard InChI is InChI=1S/C23H22Cl3N3O/c1-29-21(14-7-9-15(24)10-8-14)20(18-12-11-16(25)13-19(18)26)28-22(29)23(30)27-17-5-3-2-4-6-17/h7-13,17H,2-6H2,1H3,(H,27,30). The summed E-state index contributed by atoms with van der Waals surface area (Å²) in [4.78, 5) is 17.8. The molecule has 1 aliphatic carbocycles. The van der Waals surface area contributed by atoms with E-state index in [4.69, 9.17) is 39.8 Å². The van der Waals surface area contributed by atoms with Gasteiger partial charge < -0.3 is 9.88 Å². The van der Waals surface area contributed by atoms with E-state index >= 15 is 0 Å². The number of halogens is 3. The van der Waals surface area contributed by atoms with E-state index in [2.05, 4.69) is 5.32 Å². The zero-order chi connectivity index (χ0) is 21.3. The lowest BCUT2D eigenvalue weighted by Gasteiger charge is -2.22. The lowest BCUT2D eigenvalue weighted by molar-refractivity contribution is 0.0914. The number of carbonyl (C=O) groups excluding carboxylic acids is 1. The van der Waals surface area contributed by atoms with Crippen LogP contribution in [0.5, 0.6) is 0 Å². The van der Waals surface area contributed by atoms with Gasteiger partial charge in [0.25, 0.3) is 5.91 Å². The molecule has 3 aromatic rings. The van der Waals surface area contributed by atoms with E-state index in [1.165, 1.54) is 6.42 Å². The molecule has 1 N–H and O–H groups in total. The summed E-state index contributed by atoms with van der Waals surface area (Å²) < 4.78 is 1.82. The van der Waals surface area contributed by atoms with E-state index in [0.717, 1.165) is 42.5 Å². The summed E-state index contributed by atoms with van der Waals surface area (Å²) in [6.07, 6.45) is 5.54. The molecule has 0 radical (unpaired) electrons. The lowest BCUT2D eigenvalue weighted by atomic mass is 9.95. The van der Waals surface area contributed by atoms with Crippen LogP contribution in [0.1, 0.15) is 42.7 Å². The van der Waals surface area contributed by atoms with Gasteiger partial charge in [0.2, 0.25) is 0 Å². The number of nitrogens with zero attached hydrogens (tertiary/aromatic N) is 2. The van der Waals surface area contributed by atoms with Crippen molar-refractivity contribution in [3.05, 3.63) is 63.4 Å². The highest BCUT2D eigenvalue weighted by atomic mass is 35.5. The molecule has 4 nitrogen and oxygen atoms in total. The number of imidazole rings is 1. The third-order valence-corrected chi connectivity index (χ3v) is 6.34. The Morgan fingerprint density at radius 1 is 1.00 bits per heavy atom. The van der Waals surface area contributed by atoms with E-state index in [0.29, 0.717) is 26.6 Å². The van der Waals surface area contributed by atoms with Gasteiger partial charge in [-0.2, -0.15) is 0 Å². The molecule has 0 atom stereocenters. The minimum atomic E-state index is -0.170. The molecule has 0 bridgehead atoms. The van der Waals surface area contributed by atoms with Gasteiger partial charge in [-0.25, -0.2) is 4.98 Å². The van der Waals surface area contributed by atoms with E-state index in [9.17, 15) is 4.79 Å². The van der Waals surface area contributed by atoms with Gasteiger partial charge in [0.15, 0.2) is 5.82 Å². The van der Waals surface area contributed by atoms with Crippen molar-refractivity contribution in [3.8, 4) is 22.5 Å². The maximum Gasteiger partial charge on any atom is 0.287 e. The highest BCUT2D eigenvalue weighted by Gasteiger charge is 2.25. The van der Waals surface area contributed by atoms with Crippen LogP contribution in [0.25, 0.3) is 22.5 Å². The largest absolute Gasteiger partial charge is 0.347 e. The average Bonchev–Trinajstić information content (AvgIpc) is 3.06. The number of hydrogen-bond acceptors (Lipinski definition) is 2. The molecule has 1 aromatic heterocycles. The van der Waals surface area contributed by atoms with Crippen molar-refractivity contribution < 1.29 is 4.79 Å². The van der Waals surface area contributed by atoms with Crippen LogP contribution in [0.4, 0.5) is 0 Å².